The van der Waals surface area contributed by atoms with E-state index in [1.807, 2.05) is 0 Å². The Balaban J connectivity index is 2.74. The summed E-state index contributed by atoms with van der Waals surface area (Å²) in [5.41, 5.74) is 4.73. The molecule has 0 amide bonds. The maximum Gasteiger partial charge on any atom is 0.309 e. The van der Waals surface area contributed by atoms with Crippen LogP contribution in [0.1, 0.15) is 32.1 Å². The van der Waals surface area contributed by atoms with Crippen LogP contribution in [0.5, 0.6) is 0 Å². The van der Waals surface area contributed by atoms with Crippen LogP contribution in [-0.4, -0.2) is 30.7 Å². The normalized spacial score (nSPS) is 20.4. The molecule has 1 aliphatic carbocycles. The van der Waals surface area contributed by atoms with Crippen LogP contribution in [0.3, 0.4) is 0 Å². The molecule has 0 aliphatic heterocycles. The van der Waals surface area contributed by atoms with Crippen LogP contribution >= 0.6 is 0 Å². The lowest BCUT2D eigenvalue weighted by Gasteiger charge is -2.27. The number of carbonyl (C=O) groups excluding carboxylic acids is 1. The van der Waals surface area contributed by atoms with Crippen LogP contribution in [0.15, 0.2) is 0 Å². The maximum atomic E-state index is 11.4. The monoisotopic (exact) mass is 229 g/mol. The van der Waals surface area contributed by atoms with Gasteiger partial charge in [-0.15, -0.1) is 0 Å². The van der Waals surface area contributed by atoms with Crippen molar-refractivity contribution in [2.24, 2.45) is 17.1 Å². The van der Waals surface area contributed by atoms with E-state index in [4.69, 9.17) is 5.73 Å². The topological polar surface area (TPSA) is 89.6 Å². The van der Waals surface area contributed by atoms with Gasteiger partial charge in [-0.3, -0.25) is 9.59 Å². The van der Waals surface area contributed by atoms with Crippen molar-refractivity contribution in [3.05, 3.63) is 0 Å². The molecule has 92 valence electrons. The zero-order valence-corrected chi connectivity index (χ0v) is 9.57. The van der Waals surface area contributed by atoms with E-state index in [1.54, 1.807) is 0 Å². The number of ether oxygens (including phenoxy) is 1. The Morgan fingerprint density at radius 2 is 2.00 bits per heavy atom. The highest BCUT2D eigenvalue weighted by atomic mass is 16.5. The number of rotatable bonds is 5. The van der Waals surface area contributed by atoms with Gasteiger partial charge in [0.05, 0.1) is 18.4 Å². The lowest BCUT2D eigenvalue weighted by Crippen LogP contribution is -2.36. The Bertz CT molecular complexity index is 271. The Kier molecular flexibility index (Phi) is 4.29. The molecule has 1 atom stereocenters. The predicted molar refractivity (Wildman–Crippen MR) is 57.7 cm³/mol. The summed E-state index contributed by atoms with van der Waals surface area (Å²) < 4.78 is 4.63. The first-order valence-corrected chi connectivity index (χ1v) is 5.57. The molecule has 0 radical (unpaired) electrons. The number of nitrogens with two attached hydrogens (primary N) is 1. The highest BCUT2D eigenvalue weighted by Gasteiger charge is 2.44. The Morgan fingerprint density at radius 3 is 2.38 bits per heavy atom. The van der Waals surface area contributed by atoms with E-state index in [-0.39, 0.29) is 6.54 Å². The van der Waals surface area contributed by atoms with Crippen LogP contribution in [0.25, 0.3) is 0 Å². The van der Waals surface area contributed by atoms with Crippen LogP contribution in [0.4, 0.5) is 0 Å². The van der Waals surface area contributed by atoms with Crippen molar-refractivity contribution in [3.8, 4) is 0 Å². The molecule has 3 N–H and O–H groups in total. The number of methoxy groups -OCH3 is 1. The van der Waals surface area contributed by atoms with Gasteiger partial charge in [-0.2, -0.15) is 0 Å². The van der Waals surface area contributed by atoms with Crippen LogP contribution < -0.4 is 5.73 Å². The largest absolute Gasteiger partial charge is 0.481 e. The van der Waals surface area contributed by atoms with Crippen molar-refractivity contribution in [2.45, 2.75) is 32.1 Å². The summed E-state index contributed by atoms with van der Waals surface area (Å²) in [5, 5.41) is 9.27. The number of hydrogen-bond acceptors (Lipinski definition) is 4. The summed E-state index contributed by atoms with van der Waals surface area (Å²) in [6, 6.07) is 0. The summed E-state index contributed by atoms with van der Waals surface area (Å²) >= 11 is 0. The fourth-order valence-corrected chi connectivity index (χ4v) is 2.46. The molecular weight excluding hydrogens is 210 g/mol. The Hall–Kier alpha value is -1.10. The summed E-state index contributed by atoms with van der Waals surface area (Å²) in [5.74, 6) is -1.72. The van der Waals surface area contributed by atoms with E-state index in [1.165, 1.54) is 7.11 Å². The third kappa shape index (κ3) is 2.52. The lowest BCUT2D eigenvalue weighted by molar-refractivity contribution is -0.153. The SMILES string of the molecule is COC(=O)C(CN)CC1(C(=O)O)CCCC1. The predicted octanol–water partition coefficient (Wildman–Crippen LogP) is 0.769. The molecule has 0 heterocycles. The van der Waals surface area contributed by atoms with Crippen LogP contribution in [0.2, 0.25) is 0 Å². The first kappa shape index (κ1) is 13.0. The number of carboxylic acids is 1. The van der Waals surface area contributed by atoms with Gasteiger partial charge >= 0.3 is 11.9 Å². The second kappa shape index (κ2) is 5.30. The van der Waals surface area contributed by atoms with Gasteiger partial charge in [-0.1, -0.05) is 12.8 Å². The summed E-state index contributed by atoms with van der Waals surface area (Å²) in [4.78, 5) is 22.7. The average molecular weight is 229 g/mol. The van der Waals surface area contributed by atoms with E-state index < -0.39 is 23.3 Å². The van der Waals surface area contributed by atoms with Crippen molar-refractivity contribution in [2.75, 3.05) is 13.7 Å². The van der Waals surface area contributed by atoms with Gasteiger partial charge in [-0.25, -0.2) is 0 Å². The minimum Gasteiger partial charge on any atom is -0.481 e. The van der Waals surface area contributed by atoms with Crippen molar-refractivity contribution < 1.29 is 19.4 Å². The van der Waals surface area contributed by atoms with Crippen molar-refractivity contribution in [3.63, 3.8) is 0 Å². The van der Waals surface area contributed by atoms with E-state index in [0.717, 1.165) is 12.8 Å². The molecule has 1 unspecified atom stereocenters. The molecule has 5 nitrogen and oxygen atoms in total. The smallest absolute Gasteiger partial charge is 0.309 e. The Labute approximate surface area is 95.0 Å². The molecule has 1 fully saturated rings. The maximum absolute atomic E-state index is 11.4. The molecular formula is C11H19NO4. The van der Waals surface area contributed by atoms with Gasteiger partial charge < -0.3 is 15.6 Å². The molecule has 16 heavy (non-hydrogen) atoms. The molecule has 0 bridgehead atoms. The van der Waals surface area contributed by atoms with Crippen molar-refractivity contribution in [1.82, 2.24) is 0 Å². The molecule has 0 aromatic rings. The van der Waals surface area contributed by atoms with E-state index >= 15 is 0 Å². The lowest BCUT2D eigenvalue weighted by atomic mass is 9.77. The molecule has 0 aromatic carbocycles. The molecule has 1 rings (SSSR count). The second-order valence-corrected chi connectivity index (χ2v) is 4.45. The van der Waals surface area contributed by atoms with Gasteiger partial charge in [0.25, 0.3) is 0 Å². The molecule has 0 saturated heterocycles. The first-order valence-electron chi connectivity index (χ1n) is 5.57. The highest BCUT2D eigenvalue weighted by molar-refractivity contribution is 5.78. The number of hydrogen-bond donors (Lipinski definition) is 2. The molecule has 1 saturated carbocycles. The second-order valence-electron chi connectivity index (χ2n) is 4.45. The number of aliphatic carboxylic acids is 1. The van der Waals surface area contributed by atoms with Gasteiger partial charge in [0.15, 0.2) is 0 Å². The summed E-state index contributed by atoms with van der Waals surface area (Å²) in [6.07, 6.45) is 3.38. The zero-order chi connectivity index (χ0) is 12.2. The standard InChI is InChI=1S/C11H19NO4/c1-16-9(13)8(7-12)6-11(10(14)15)4-2-3-5-11/h8H,2-7,12H2,1H3,(H,14,15). The van der Waals surface area contributed by atoms with Crippen LogP contribution in [-0.2, 0) is 14.3 Å². The Morgan fingerprint density at radius 1 is 1.44 bits per heavy atom. The van der Waals surface area contributed by atoms with Gasteiger partial charge in [-0.05, 0) is 19.3 Å². The zero-order valence-electron chi connectivity index (χ0n) is 9.57. The van der Waals surface area contributed by atoms with E-state index in [0.29, 0.717) is 19.3 Å². The van der Waals surface area contributed by atoms with Gasteiger partial charge in [0.2, 0.25) is 0 Å². The van der Waals surface area contributed by atoms with Gasteiger partial charge in [0.1, 0.15) is 0 Å². The minimum absolute atomic E-state index is 0.141. The van der Waals surface area contributed by atoms with E-state index in [2.05, 4.69) is 4.74 Å². The fourth-order valence-electron chi connectivity index (χ4n) is 2.46. The third-order valence-corrected chi connectivity index (χ3v) is 3.47. The first-order chi connectivity index (χ1) is 7.55. The molecule has 5 heteroatoms. The fraction of sp³-hybridized carbons (Fsp3) is 0.818. The molecule has 0 spiro atoms. The quantitative estimate of drug-likeness (QED) is 0.679. The molecule has 1 aliphatic rings. The number of carbonyl (C=O) groups is 2. The average Bonchev–Trinajstić information content (AvgIpc) is 2.74. The van der Waals surface area contributed by atoms with Crippen LogP contribution in [0, 0.1) is 11.3 Å². The van der Waals surface area contributed by atoms with E-state index in [9.17, 15) is 14.7 Å². The summed E-state index contributed by atoms with van der Waals surface area (Å²) in [7, 11) is 1.30. The number of carboxylic acid groups (broad SMARTS) is 1. The van der Waals surface area contributed by atoms with Crippen molar-refractivity contribution >= 4 is 11.9 Å². The van der Waals surface area contributed by atoms with Gasteiger partial charge in [0, 0.05) is 6.54 Å². The highest BCUT2D eigenvalue weighted by Crippen LogP contribution is 2.43. The third-order valence-electron chi connectivity index (χ3n) is 3.47. The molecule has 0 aromatic heterocycles. The summed E-state index contributed by atoms with van der Waals surface area (Å²) in [6.45, 7) is 0.141. The minimum atomic E-state index is -0.813. The van der Waals surface area contributed by atoms with Crippen molar-refractivity contribution in [1.29, 1.82) is 0 Å². The number of esters is 1.